The Hall–Kier alpha value is -1.39. The zero-order chi connectivity index (χ0) is 9.02. The first-order valence-corrected chi connectivity index (χ1v) is 3.04. The van der Waals surface area contributed by atoms with Crippen LogP contribution in [-0.4, -0.2) is 23.6 Å². The smallest absolute Gasteiger partial charge is 0.187 e. The molecule has 0 aromatic rings. The van der Waals surface area contributed by atoms with Crippen molar-refractivity contribution in [1.29, 1.82) is 0 Å². The third kappa shape index (κ3) is 3.34. The lowest BCUT2D eigenvalue weighted by atomic mass is 10.1. The molecule has 0 aliphatic rings. The summed E-state index contributed by atoms with van der Waals surface area (Å²) >= 11 is 0. The number of nitrogens with two attached hydrogens (primary N) is 2. The average Bonchev–Trinajstić information content (AvgIpc) is 1.81. The maximum Gasteiger partial charge on any atom is 0.187 e. The molecule has 0 saturated carbocycles. The van der Waals surface area contributed by atoms with Crippen molar-refractivity contribution >= 4 is 17.5 Å². The summed E-state index contributed by atoms with van der Waals surface area (Å²) in [6.07, 6.45) is 0. The molecule has 11 heavy (non-hydrogen) atoms. The van der Waals surface area contributed by atoms with Crippen molar-refractivity contribution in [3.63, 3.8) is 0 Å². The van der Waals surface area contributed by atoms with E-state index in [0.29, 0.717) is 0 Å². The highest BCUT2D eigenvalue weighted by Gasteiger charge is 2.17. The van der Waals surface area contributed by atoms with Crippen molar-refractivity contribution in [2.75, 3.05) is 0 Å². The highest BCUT2D eigenvalue weighted by Crippen LogP contribution is 1.93. The Morgan fingerprint density at radius 1 is 1.18 bits per heavy atom. The summed E-state index contributed by atoms with van der Waals surface area (Å²) in [6, 6.07) is -1.03. The fraction of sp³-hybridized carbons (Fsp3) is 0.500. The highest BCUT2D eigenvalue weighted by molar-refractivity contribution is 6.05. The average molecular weight is 157 g/mol. The SMILES string of the molecule is CC(=O)C(N=C(N)N)C(C)=O. The van der Waals surface area contributed by atoms with Crippen LogP contribution in [-0.2, 0) is 9.59 Å². The number of ketones is 2. The van der Waals surface area contributed by atoms with Crippen LogP contribution in [0.3, 0.4) is 0 Å². The number of aliphatic imine (C=N–C) groups is 1. The Balaban J connectivity index is 4.49. The second-order valence-corrected chi connectivity index (χ2v) is 2.18. The van der Waals surface area contributed by atoms with Crippen molar-refractivity contribution in [2.45, 2.75) is 19.9 Å². The Labute approximate surface area is 64.5 Å². The van der Waals surface area contributed by atoms with Crippen molar-refractivity contribution in [1.82, 2.24) is 0 Å². The van der Waals surface area contributed by atoms with Gasteiger partial charge in [0.1, 0.15) is 0 Å². The van der Waals surface area contributed by atoms with Gasteiger partial charge in [0.2, 0.25) is 0 Å². The molecule has 0 aliphatic heterocycles. The maximum absolute atomic E-state index is 10.7. The number of rotatable bonds is 3. The summed E-state index contributed by atoms with van der Waals surface area (Å²) in [7, 11) is 0. The first-order chi connectivity index (χ1) is 4.95. The van der Waals surface area contributed by atoms with Crippen LogP contribution in [0.15, 0.2) is 4.99 Å². The topological polar surface area (TPSA) is 98.5 Å². The second kappa shape index (κ2) is 3.70. The molecule has 5 heteroatoms. The summed E-state index contributed by atoms with van der Waals surface area (Å²) < 4.78 is 0. The van der Waals surface area contributed by atoms with Crippen molar-refractivity contribution in [3.8, 4) is 0 Å². The molecule has 0 spiro atoms. The normalized spacial score (nSPS) is 9.36. The lowest BCUT2D eigenvalue weighted by Gasteiger charge is -2.03. The molecule has 0 aromatic heterocycles. The number of Topliss-reactive ketones (excluding diaryl/α,β-unsaturated/α-hetero) is 2. The number of hydrogen-bond acceptors (Lipinski definition) is 3. The molecule has 0 aromatic carbocycles. The zero-order valence-electron chi connectivity index (χ0n) is 6.50. The maximum atomic E-state index is 10.7. The zero-order valence-corrected chi connectivity index (χ0v) is 6.50. The van der Waals surface area contributed by atoms with Crippen LogP contribution in [0.2, 0.25) is 0 Å². The molecule has 4 N–H and O–H groups in total. The number of carbonyl (C=O) groups is 2. The molecular formula is C6H11N3O2. The van der Waals surface area contributed by atoms with E-state index >= 15 is 0 Å². The van der Waals surface area contributed by atoms with Crippen molar-refractivity contribution < 1.29 is 9.59 Å². The van der Waals surface area contributed by atoms with Gasteiger partial charge in [-0.05, 0) is 13.8 Å². The molecule has 0 fully saturated rings. The van der Waals surface area contributed by atoms with E-state index in [1.165, 1.54) is 13.8 Å². The van der Waals surface area contributed by atoms with Crippen LogP contribution >= 0.6 is 0 Å². The van der Waals surface area contributed by atoms with Crippen LogP contribution in [0, 0.1) is 0 Å². The lowest BCUT2D eigenvalue weighted by Crippen LogP contribution is -2.31. The van der Waals surface area contributed by atoms with Gasteiger partial charge in [-0.15, -0.1) is 0 Å². The van der Waals surface area contributed by atoms with Gasteiger partial charge < -0.3 is 11.5 Å². The number of carbonyl (C=O) groups excluding carboxylic acids is 2. The monoisotopic (exact) mass is 157 g/mol. The minimum absolute atomic E-state index is 0.250. The van der Waals surface area contributed by atoms with Crippen LogP contribution in [0.25, 0.3) is 0 Å². The van der Waals surface area contributed by atoms with Crippen molar-refractivity contribution in [3.05, 3.63) is 0 Å². The molecule has 0 radical (unpaired) electrons. The predicted molar refractivity (Wildman–Crippen MR) is 41.0 cm³/mol. The summed E-state index contributed by atoms with van der Waals surface area (Å²) in [5.74, 6) is -0.961. The van der Waals surface area contributed by atoms with Gasteiger partial charge in [0.05, 0.1) is 0 Å². The van der Waals surface area contributed by atoms with Gasteiger partial charge in [0.15, 0.2) is 23.6 Å². The highest BCUT2D eigenvalue weighted by atomic mass is 16.2. The number of guanidine groups is 1. The minimum atomic E-state index is -1.03. The molecule has 0 atom stereocenters. The van der Waals surface area contributed by atoms with Crippen LogP contribution in [0.1, 0.15) is 13.8 Å². The van der Waals surface area contributed by atoms with Crippen LogP contribution in [0.5, 0.6) is 0 Å². The Morgan fingerprint density at radius 3 is 1.64 bits per heavy atom. The van der Waals surface area contributed by atoms with E-state index in [1.807, 2.05) is 0 Å². The fourth-order valence-corrected chi connectivity index (χ4v) is 0.617. The van der Waals surface area contributed by atoms with E-state index in [1.54, 1.807) is 0 Å². The van der Waals surface area contributed by atoms with Gasteiger partial charge in [-0.2, -0.15) is 0 Å². The van der Waals surface area contributed by atoms with Gasteiger partial charge in [0.25, 0.3) is 0 Å². The first kappa shape index (κ1) is 9.61. The summed E-state index contributed by atoms with van der Waals surface area (Å²) in [5, 5.41) is 0. The van der Waals surface area contributed by atoms with Gasteiger partial charge in [0, 0.05) is 0 Å². The number of nitrogens with zero attached hydrogens (tertiary/aromatic N) is 1. The molecule has 0 bridgehead atoms. The third-order valence-electron chi connectivity index (χ3n) is 1.05. The summed E-state index contributed by atoms with van der Waals surface area (Å²) in [4.78, 5) is 24.8. The van der Waals surface area contributed by atoms with E-state index in [0.717, 1.165) is 0 Å². The Kier molecular flexibility index (Phi) is 3.23. The Morgan fingerprint density at radius 2 is 1.55 bits per heavy atom. The lowest BCUT2D eigenvalue weighted by molar-refractivity contribution is -0.126. The second-order valence-electron chi connectivity index (χ2n) is 2.18. The van der Waals surface area contributed by atoms with Gasteiger partial charge in [-0.3, -0.25) is 9.59 Å². The van der Waals surface area contributed by atoms with E-state index in [2.05, 4.69) is 4.99 Å². The fourth-order valence-electron chi connectivity index (χ4n) is 0.617. The summed E-state index contributed by atoms with van der Waals surface area (Å²) in [6.45, 7) is 2.52. The van der Waals surface area contributed by atoms with Gasteiger partial charge in [-0.1, -0.05) is 0 Å². The first-order valence-electron chi connectivity index (χ1n) is 3.04. The standard InChI is InChI=1S/C6H11N3O2/c1-3(10)5(4(2)11)9-6(7)8/h5H,1-2H3,(H4,7,8,9). The Bertz CT molecular complexity index is 192. The van der Waals surface area contributed by atoms with E-state index in [4.69, 9.17) is 11.5 Å². The predicted octanol–water partition coefficient (Wildman–Crippen LogP) is -1.19. The molecular weight excluding hydrogens is 146 g/mol. The molecule has 0 aliphatic carbocycles. The molecule has 0 unspecified atom stereocenters. The van der Waals surface area contributed by atoms with E-state index < -0.39 is 6.04 Å². The molecule has 0 rings (SSSR count). The van der Waals surface area contributed by atoms with Crippen molar-refractivity contribution in [2.24, 2.45) is 16.5 Å². The van der Waals surface area contributed by atoms with Crippen LogP contribution < -0.4 is 11.5 Å². The molecule has 5 nitrogen and oxygen atoms in total. The summed E-state index contributed by atoms with van der Waals surface area (Å²) in [5.41, 5.74) is 9.98. The number of hydrogen-bond donors (Lipinski definition) is 2. The molecule has 62 valence electrons. The third-order valence-corrected chi connectivity index (χ3v) is 1.05. The van der Waals surface area contributed by atoms with Gasteiger partial charge in [-0.25, -0.2) is 4.99 Å². The quantitative estimate of drug-likeness (QED) is 0.305. The van der Waals surface area contributed by atoms with E-state index in [-0.39, 0.29) is 17.5 Å². The molecule has 0 heterocycles. The van der Waals surface area contributed by atoms with E-state index in [9.17, 15) is 9.59 Å². The van der Waals surface area contributed by atoms with Crippen LogP contribution in [0.4, 0.5) is 0 Å². The molecule has 0 amide bonds. The molecule has 0 saturated heterocycles. The largest absolute Gasteiger partial charge is 0.370 e. The van der Waals surface area contributed by atoms with Gasteiger partial charge >= 0.3 is 0 Å². The minimum Gasteiger partial charge on any atom is -0.370 e.